The SMILES string of the molecule is Cc1ccc(O)cc1C1CC(Br)C2NCNC(=O)C2C1N. The molecule has 1 aromatic rings. The zero-order valence-electron chi connectivity index (χ0n) is 11.8. The van der Waals surface area contributed by atoms with Crippen LogP contribution in [0.3, 0.4) is 0 Å². The second-order valence-corrected chi connectivity index (χ2v) is 7.13. The number of benzene rings is 1. The van der Waals surface area contributed by atoms with Crippen molar-refractivity contribution in [1.29, 1.82) is 0 Å². The Kier molecular flexibility index (Phi) is 3.94. The maximum absolute atomic E-state index is 12.2. The topological polar surface area (TPSA) is 87.4 Å². The van der Waals surface area contributed by atoms with Gasteiger partial charge in [-0.2, -0.15) is 0 Å². The van der Waals surface area contributed by atoms with Crippen molar-refractivity contribution in [2.24, 2.45) is 11.7 Å². The van der Waals surface area contributed by atoms with E-state index in [1.54, 1.807) is 12.1 Å². The first-order valence-electron chi connectivity index (χ1n) is 7.19. The largest absolute Gasteiger partial charge is 0.508 e. The van der Waals surface area contributed by atoms with Gasteiger partial charge in [0.15, 0.2) is 0 Å². The average Bonchev–Trinajstić information content (AvgIpc) is 2.45. The van der Waals surface area contributed by atoms with Crippen LogP contribution in [0.5, 0.6) is 5.75 Å². The van der Waals surface area contributed by atoms with E-state index >= 15 is 0 Å². The molecular weight excluding hydrogens is 334 g/mol. The summed E-state index contributed by atoms with van der Waals surface area (Å²) in [5.41, 5.74) is 8.56. The number of carbonyl (C=O) groups excluding carboxylic acids is 1. The molecule has 1 saturated carbocycles. The first-order valence-corrected chi connectivity index (χ1v) is 8.11. The molecule has 114 valence electrons. The van der Waals surface area contributed by atoms with Gasteiger partial charge in [0.05, 0.1) is 12.6 Å². The number of halogens is 1. The number of aryl methyl sites for hydroxylation is 1. The van der Waals surface area contributed by atoms with Crippen LogP contribution in [0.2, 0.25) is 0 Å². The number of amides is 1. The highest BCUT2D eigenvalue weighted by Gasteiger charge is 2.47. The van der Waals surface area contributed by atoms with Gasteiger partial charge in [-0.1, -0.05) is 22.0 Å². The first-order chi connectivity index (χ1) is 9.99. The molecule has 5 atom stereocenters. The summed E-state index contributed by atoms with van der Waals surface area (Å²) < 4.78 is 0. The number of rotatable bonds is 1. The standard InChI is InChI=1S/C15H20BrN3O2/c1-7-2-3-8(20)4-9(7)10-5-11(16)14-12(13(10)17)15(21)19-6-18-14/h2-4,10-14,18,20H,5-6,17H2,1H3,(H,19,21). The summed E-state index contributed by atoms with van der Waals surface area (Å²) in [5, 5.41) is 15.9. The van der Waals surface area contributed by atoms with Gasteiger partial charge in [0, 0.05) is 22.8 Å². The minimum Gasteiger partial charge on any atom is -0.508 e. The number of nitrogens with one attached hydrogen (secondary N) is 2. The van der Waals surface area contributed by atoms with Crippen LogP contribution in [-0.4, -0.2) is 34.6 Å². The van der Waals surface area contributed by atoms with Gasteiger partial charge >= 0.3 is 0 Å². The van der Waals surface area contributed by atoms with Gasteiger partial charge < -0.3 is 16.2 Å². The Balaban J connectivity index is 1.96. The van der Waals surface area contributed by atoms with Gasteiger partial charge in [-0.25, -0.2) is 0 Å². The number of phenols is 1. The number of carbonyl (C=O) groups is 1. The fourth-order valence-electron chi connectivity index (χ4n) is 3.59. The van der Waals surface area contributed by atoms with Gasteiger partial charge in [0.2, 0.25) is 5.91 Å². The Morgan fingerprint density at radius 2 is 2.19 bits per heavy atom. The number of nitrogens with two attached hydrogens (primary N) is 1. The molecule has 21 heavy (non-hydrogen) atoms. The monoisotopic (exact) mass is 353 g/mol. The molecular formula is C15H20BrN3O2. The minimum atomic E-state index is -0.267. The molecule has 0 aromatic heterocycles. The maximum Gasteiger partial charge on any atom is 0.227 e. The highest BCUT2D eigenvalue weighted by Crippen LogP contribution is 2.41. The number of phenolic OH excluding ortho intramolecular Hbond substituents is 1. The van der Waals surface area contributed by atoms with E-state index in [2.05, 4.69) is 26.6 Å². The van der Waals surface area contributed by atoms with Gasteiger partial charge in [-0.05, 0) is 36.6 Å². The molecule has 5 N–H and O–H groups in total. The lowest BCUT2D eigenvalue weighted by atomic mass is 9.70. The van der Waals surface area contributed by atoms with Crippen molar-refractivity contribution < 1.29 is 9.90 Å². The van der Waals surface area contributed by atoms with Gasteiger partial charge in [-0.3, -0.25) is 10.1 Å². The van der Waals surface area contributed by atoms with E-state index in [0.29, 0.717) is 6.67 Å². The molecule has 1 amide bonds. The third-order valence-electron chi connectivity index (χ3n) is 4.70. The fourth-order valence-corrected chi connectivity index (χ4v) is 4.51. The number of aromatic hydroxyl groups is 1. The molecule has 0 radical (unpaired) electrons. The summed E-state index contributed by atoms with van der Waals surface area (Å²) in [6, 6.07) is 5.14. The molecule has 1 aliphatic heterocycles. The number of hydrogen-bond acceptors (Lipinski definition) is 4. The highest BCUT2D eigenvalue weighted by atomic mass is 79.9. The summed E-state index contributed by atoms with van der Waals surface area (Å²) in [4.78, 5) is 12.4. The van der Waals surface area contributed by atoms with E-state index in [-0.39, 0.29) is 40.4 Å². The fraction of sp³-hybridized carbons (Fsp3) is 0.533. The quantitative estimate of drug-likeness (QED) is 0.566. The molecule has 6 heteroatoms. The highest BCUT2D eigenvalue weighted by molar-refractivity contribution is 9.09. The summed E-state index contributed by atoms with van der Waals surface area (Å²) in [5.74, 6) is 0.0393. The predicted molar refractivity (Wildman–Crippen MR) is 84.3 cm³/mol. The molecule has 1 aliphatic carbocycles. The predicted octanol–water partition coefficient (Wildman–Crippen LogP) is 0.940. The van der Waals surface area contributed by atoms with Crippen LogP contribution in [0.4, 0.5) is 0 Å². The normalized spacial score (nSPS) is 36.0. The molecule has 1 saturated heterocycles. The zero-order chi connectivity index (χ0) is 15.1. The molecule has 0 spiro atoms. The molecule has 1 heterocycles. The van der Waals surface area contributed by atoms with Gasteiger partial charge in [-0.15, -0.1) is 0 Å². The molecule has 5 unspecified atom stereocenters. The third kappa shape index (κ3) is 2.56. The van der Waals surface area contributed by atoms with Gasteiger partial charge in [0.25, 0.3) is 0 Å². The third-order valence-corrected chi connectivity index (χ3v) is 5.64. The van der Waals surface area contributed by atoms with Crippen molar-refractivity contribution in [2.45, 2.75) is 36.2 Å². The smallest absolute Gasteiger partial charge is 0.227 e. The van der Waals surface area contributed by atoms with Crippen LogP contribution in [0.25, 0.3) is 0 Å². The zero-order valence-corrected chi connectivity index (χ0v) is 13.4. The van der Waals surface area contributed by atoms with Crippen LogP contribution < -0.4 is 16.4 Å². The van der Waals surface area contributed by atoms with Crippen LogP contribution in [0.15, 0.2) is 18.2 Å². The molecule has 5 nitrogen and oxygen atoms in total. The lowest BCUT2D eigenvalue weighted by Gasteiger charge is -2.46. The van der Waals surface area contributed by atoms with E-state index < -0.39 is 0 Å². The summed E-state index contributed by atoms with van der Waals surface area (Å²) >= 11 is 3.71. The van der Waals surface area contributed by atoms with Crippen molar-refractivity contribution >= 4 is 21.8 Å². The first kappa shape index (κ1) is 14.8. The Morgan fingerprint density at radius 1 is 1.43 bits per heavy atom. The van der Waals surface area contributed by atoms with Crippen molar-refractivity contribution in [1.82, 2.24) is 10.6 Å². The van der Waals surface area contributed by atoms with Crippen molar-refractivity contribution in [3.63, 3.8) is 0 Å². The minimum absolute atomic E-state index is 0.0122. The van der Waals surface area contributed by atoms with E-state index in [1.165, 1.54) is 0 Å². The Hall–Kier alpha value is -1.11. The van der Waals surface area contributed by atoms with Crippen LogP contribution in [0.1, 0.15) is 23.5 Å². The molecule has 2 aliphatic rings. The lowest BCUT2D eigenvalue weighted by Crippen LogP contribution is -2.66. The Labute approximate surface area is 132 Å². The summed E-state index contributed by atoms with van der Waals surface area (Å²) in [6.07, 6.45) is 0.840. The molecule has 2 fully saturated rings. The average molecular weight is 354 g/mol. The molecule has 3 rings (SSSR count). The lowest BCUT2D eigenvalue weighted by molar-refractivity contribution is -0.129. The Bertz CT molecular complexity index is 566. The van der Waals surface area contributed by atoms with E-state index in [4.69, 9.17) is 5.73 Å². The number of hydrogen-bond donors (Lipinski definition) is 4. The number of alkyl halides is 1. The second-order valence-electron chi connectivity index (χ2n) is 5.95. The summed E-state index contributed by atoms with van der Waals surface area (Å²) in [6.45, 7) is 2.50. The van der Waals surface area contributed by atoms with Gasteiger partial charge in [0.1, 0.15) is 5.75 Å². The second kappa shape index (κ2) is 5.59. The van der Waals surface area contributed by atoms with Crippen molar-refractivity contribution in [3.05, 3.63) is 29.3 Å². The van der Waals surface area contributed by atoms with E-state index in [9.17, 15) is 9.90 Å². The van der Waals surface area contributed by atoms with Crippen LogP contribution >= 0.6 is 15.9 Å². The van der Waals surface area contributed by atoms with E-state index in [1.807, 2.05) is 13.0 Å². The van der Waals surface area contributed by atoms with Crippen LogP contribution in [-0.2, 0) is 4.79 Å². The Morgan fingerprint density at radius 3 is 2.95 bits per heavy atom. The van der Waals surface area contributed by atoms with Crippen LogP contribution in [0, 0.1) is 12.8 Å². The van der Waals surface area contributed by atoms with E-state index in [0.717, 1.165) is 17.5 Å². The molecule has 0 bridgehead atoms. The number of fused-ring (bicyclic) bond motifs is 1. The van der Waals surface area contributed by atoms with Crippen molar-refractivity contribution in [2.75, 3.05) is 6.67 Å². The van der Waals surface area contributed by atoms with Crippen molar-refractivity contribution in [3.8, 4) is 5.75 Å². The summed E-state index contributed by atoms with van der Waals surface area (Å²) in [7, 11) is 0. The molecule has 1 aromatic carbocycles. The maximum atomic E-state index is 12.2.